The quantitative estimate of drug-likeness (QED) is 0.838. The summed E-state index contributed by atoms with van der Waals surface area (Å²) in [4.78, 5) is 0. The number of nitrogens with zero attached hydrogens (tertiary/aromatic N) is 1. The maximum Gasteiger partial charge on any atom is 0.129 e. The lowest BCUT2D eigenvalue weighted by Gasteiger charge is -2.09. The zero-order valence-electron chi connectivity index (χ0n) is 11.1. The van der Waals surface area contributed by atoms with Gasteiger partial charge < -0.3 is 10.5 Å². The van der Waals surface area contributed by atoms with Crippen molar-refractivity contribution in [3.8, 4) is 17.6 Å². The van der Waals surface area contributed by atoms with Gasteiger partial charge in [0.25, 0.3) is 0 Å². The number of rotatable bonds is 3. The molecule has 0 aliphatic carbocycles. The predicted octanol–water partition coefficient (Wildman–Crippen LogP) is 4.06. The molecular formula is C16H16N2O. The standard InChI is InChI=1S/C16H16N2O/c1-11(2)12-3-6-14(7-4-12)19-15-8-5-13(10-17)16(18)9-15/h3-9,11H,18H2,1-2H3. The third-order valence-electron chi connectivity index (χ3n) is 2.93. The molecule has 0 unspecified atom stereocenters. The molecule has 19 heavy (non-hydrogen) atoms. The average Bonchev–Trinajstić information content (AvgIpc) is 2.39. The van der Waals surface area contributed by atoms with Crippen molar-refractivity contribution in [1.29, 1.82) is 5.26 Å². The van der Waals surface area contributed by atoms with E-state index in [1.165, 1.54) is 5.56 Å². The molecule has 2 N–H and O–H groups in total. The van der Waals surface area contributed by atoms with Gasteiger partial charge in [0.05, 0.1) is 11.3 Å². The maximum atomic E-state index is 8.81. The van der Waals surface area contributed by atoms with E-state index < -0.39 is 0 Å². The number of benzene rings is 2. The SMILES string of the molecule is CC(C)c1ccc(Oc2ccc(C#N)c(N)c2)cc1. The van der Waals surface area contributed by atoms with Crippen molar-refractivity contribution in [2.24, 2.45) is 0 Å². The van der Waals surface area contributed by atoms with Crippen LogP contribution in [0.1, 0.15) is 30.9 Å². The van der Waals surface area contributed by atoms with E-state index in [2.05, 4.69) is 13.8 Å². The highest BCUT2D eigenvalue weighted by Gasteiger charge is 2.03. The topological polar surface area (TPSA) is 59.0 Å². The van der Waals surface area contributed by atoms with Gasteiger partial charge in [-0.3, -0.25) is 0 Å². The number of hydrogen-bond acceptors (Lipinski definition) is 3. The molecule has 0 saturated carbocycles. The molecule has 0 heterocycles. The van der Waals surface area contributed by atoms with Crippen molar-refractivity contribution in [2.75, 3.05) is 5.73 Å². The second kappa shape index (κ2) is 5.45. The minimum absolute atomic E-state index is 0.429. The second-order valence-electron chi connectivity index (χ2n) is 4.69. The van der Waals surface area contributed by atoms with Gasteiger partial charge in [0, 0.05) is 6.07 Å². The van der Waals surface area contributed by atoms with Crippen LogP contribution in [-0.4, -0.2) is 0 Å². The number of ether oxygens (including phenoxy) is 1. The largest absolute Gasteiger partial charge is 0.457 e. The lowest BCUT2D eigenvalue weighted by molar-refractivity contribution is 0.482. The van der Waals surface area contributed by atoms with Crippen LogP contribution in [0, 0.1) is 11.3 Å². The molecular weight excluding hydrogens is 236 g/mol. The van der Waals surface area contributed by atoms with E-state index in [9.17, 15) is 0 Å². The van der Waals surface area contributed by atoms with E-state index in [0.717, 1.165) is 5.75 Å². The fourth-order valence-corrected chi connectivity index (χ4v) is 1.76. The third-order valence-corrected chi connectivity index (χ3v) is 2.93. The van der Waals surface area contributed by atoms with E-state index in [4.69, 9.17) is 15.7 Å². The molecule has 0 amide bonds. The minimum Gasteiger partial charge on any atom is -0.457 e. The first-order chi connectivity index (χ1) is 9.10. The molecule has 0 saturated heterocycles. The summed E-state index contributed by atoms with van der Waals surface area (Å²) < 4.78 is 5.70. The Balaban J connectivity index is 2.17. The van der Waals surface area contributed by atoms with Crippen LogP contribution in [0.25, 0.3) is 0 Å². The Kier molecular flexibility index (Phi) is 3.72. The molecule has 0 aliphatic heterocycles. The number of hydrogen-bond donors (Lipinski definition) is 1. The zero-order chi connectivity index (χ0) is 13.8. The van der Waals surface area contributed by atoms with Gasteiger partial charge >= 0.3 is 0 Å². The molecule has 96 valence electrons. The van der Waals surface area contributed by atoms with Crippen LogP contribution in [0.4, 0.5) is 5.69 Å². The molecule has 0 spiro atoms. The summed E-state index contributed by atoms with van der Waals surface area (Å²) in [5.41, 5.74) is 7.91. The van der Waals surface area contributed by atoms with Gasteiger partial charge in [-0.25, -0.2) is 0 Å². The van der Waals surface area contributed by atoms with Crippen molar-refractivity contribution >= 4 is 5.69 Å². The van der Waals surface area contributed by atoms with Crippen LogP contribution < -0.4 is 10.5 Å². The number of anilines is 1. The highest BCUT2D eigenvalue weighted by Crippen LogP contribution is 2.26. The molecule has 2 aromatic rings. The van der Waals surface area contributed by atoms with E-state index in [0.29, 0.717) is 22.9 Å². The van der Waals surface area contributed by atoms with Crippen LogP contribution in [0.5, 0.6) is 11.5 Å². The normalized spacial score (nSPS) is 10.2. The summed E-state index contributed by atoms with van der Waals surface area (Å²) in [5, 5.41) is 8.81. The Morgan fingerprint density at radius 3 is 2.21 bits per heavy atom. The van der Waals surface area contributed by atoms with Crippen molar-refractivity contribution in [1.82, 2.24) is 0 Å². The first kappa shape index (κ1) is 13.0. The molecule has 0 radical (unpaired) electrons. The lowest BCUT2D eigenvalue weighted by atomic mass is 10.0. The molecule has 2 rings (SSSR count). The fourth-order valence-electron chi connectivity index (χ4n) is 1.76. The van der Waals surface area contributed by atoms with Gasteiger partial charge in [-0.2, -0.15) is 5.26 Å². The summed E-state index contributed by atoms with van der Waals surface area (Å²) in [6, 6.07) is 15.1. The monoisotopic (exact) mass is 252 g/mol. The van der Waals surface area contributed by atoms with Gasteiger partial charge in [0.2, 0.25) is 0 Å². The van der Waals surface area contributed by atoms with E-state index in [1.807, 2.05) is 30.3 Å². The number of nitrogen functional groups attached to an aromatic ring is 1. The van der Waals surface area contributed by atoms with Crippen molar-refractivity contribution in [2.45, 2.75) is 19.8 Å². The van der Waals surface area contributed by atoms with E-state index >= 15 is 0 Å². The molecule has 3 heteroatoms. The zero-order valence-corrected chi connectivity index (χ0v) is 11.1. The van der Waals surface area contributed by atoms with Crippen LogP contribution in [0.3, 0.4) is 0 Å². The van der Waals surface area contributed by atoms with Crippen LogP contribution >= 0.6 is 0 Å². The van der Waals surface area contributed by atoms with Crippen molar-refractivity contribution < 1.29 is 4.74 Å². The third kappa shape index (κ3) is 3.05. The Labute approximate surface area is 113 Å². The number of nitriles is 1. The van der Waals surface area contributed by atoms with Gasteiger partial charge in [0.1, 0.15) is 17.6 Å². The Bertz CT molecular complexity index is 610. The summed E-state index contributed by atoms with van der Waals surface area (Å²) >= 11 is 0. The minimum atomic E-state index is 0.429. The van der Waals surface area contributed by atoms with Gasteiger partial charge in [-0.05, 0) is 35.7 Å². The average molecular weight is 252 g/mol. The molecule has 3 nitrogen and oxygen atoms in total. The summed E-state index contributed by atoms with van der Waals surface area (Å²) in [6.07, 6.45) is 0. The second-order valence-corrected chi connectivity index (χ2v) is 4.69. The lowest BCUT2D eigenvalue weighted by Crippen LogP contribution is -1.92. The number of nitrogens with two attached hydrogens (primary N) is 1. The van der Waals surface area contributed by atoms with E-state index in [-0.39, 0.29) is 0 Å². The predicted molar refractivity (Wildman–Crippen MR) is 76.2 cm³/mol. The molecule has 2 aromatic carbocycles. The van der Waals surface area contributed by atoms with Crippen LogP contribution in [0.2, 0.25) is 0 Å². The summed E-state index contributed by atoms with van der Waals surface area (Å²) in [7, 11) is 0. The van der Waals surface area contributed by atoms with E-state index in [1.54, 1.807) is 18.2 Å². The maximum absolute atomic E-state index is 8.81. The molecule has 0 fully saturated rings. The highest BCUT2D eigenvalue weighted by atomic mass is 16.5. The van der Waals surface area contributed by atoms with Crippen molar-refractivity contribution in [3.63, 3.8) is 0 Å². The Morgan fingerprint density at radius 2 is 1.68 bits per heavy atom. The Morgan fingerprint density at radius 1 is 1.05 bits per heavy atom. The molecule has 0 aliphatic rings. The summed E-state index contributed by atoms with van der Waals surface area (Å²) in [6.45, 7) is 4.30. The van der Waals surface area contributed by atoms with Crippen LogP contribution in [-0.2, 0) is 0 Å². The molecule has 0 aromatic heterocycles. The van der Waals surface area contributed by atoms with Gasteiger partial charge in [-0.15, -0.1) is 0 Å². The fraction of sp³-hybridized carbons (Fsp3) is 0.188. The van der Waals surface area contributed by atoms with Gasteiger partial charge in [-0.1, -0.05) is 26.0 Å². The smallest absolute Gasteiger partial charge is 0.129 e. The first-order valence-corrected chi connectivity index (χ1v) is 6.17. The Hall–Kier alpha value is -2.47. The summed E-state index contributed by atoms with van der Waals surface area (Å²) in [5.74, 6) is 1.89. The van der Waals surface area contributed by atoms with Crippen LogP contribution in [0.15, 0.2) is 42.5 Å². The highest BCUT2D eigenvalue weighted by molar-refractivity contribution is 5.57. The van der Waals surface area contributed by atoms with Gasteiger partial charge in [0.15, 0.2) is 0 Å². The molecule has 0 bridgehead atoms. The van der Waals surface area contributed by atoms with Crippen molar-refractivity contribution in [3.05, 3.63) is 53.6 Å². The molecule has 0 atom stereocenters. The first-order valence-electron chi connectivity index (χ1n) is 6.17.